The summed E-state index contributed by atoms with van der Waals surface area (Å²) in [5.74, 6) is 1.62. The lowest BCUT2D eigenvalue weighted by Gasteiger charge is -2.37. The SMILES string of the molecule is Fc1ccccc1-c1nnc2ccc(N3CCCC(CN4CCOCC4)C3)nn12. The molecule has 0 aliphatic carbocycles. The number of halogens is 1. The molecule has 0 N–H and O–H groups in total. The highest BCUT2D eigenvalue weighted by Crippen LogP contribution is 2.25. The Kier molecular flexibility index (Phi) is 5.12. The molecule has 4 heterocycles. The first-order valence-corrected chi connectivity index (χ1v) is 10.3. The van der Waals surface area contributed by atoms with Gasteiger partial charge in [-0.2, -0.15) is 4.52 Å². The van der Waals surface area contributed by atoms with Crippen LogP contribution in [0.5, 0.6) is 0 Å². The van der Waals surface area contributed by atoms with Crippen LogP contribution >= 0.6 is 0 Å². The van der Waals surface area contributed by atoms with E-state index in [0.29, 0.717) is 23.0 Å². The van der Waals surface area contributed by atoms with Gasteiger partial charge in [-0.1, -0.05) is 12.1 Å². The molecule has 3 aromatic rings. The molecule has 2 aliphatic rings. The minimum atomic E-state index is -0.322. The van der Waals surface area contributed by atoms with Crippen molar-refractivity contribution in [2.75, 3.05) is 50.8 Å². The van der Waals surface area contributed by atoms with E-state index in [4.69, 9.17) is 9.84 Å². The third-order valence-corrected chi connectivity index (χ3v) is 5.83. The van der Waals surface area contributed by atoms with Gasteiger partial charge in [0.15, 0.2) is 11.5 Å². The summed E-state index contributed by atoms with van der Waals surface area (Å²) in [5, 5.41) is 13.1. The Bertz CT molecular complexity index is 986. The molecule has 1 atom stereocenters. The maximum atomic E-state index is 14.3. The normalized spacial score (nSPS) is 21.0. The second-order valence-corrected chi connectivity index (χ2v) is 7.83. The molecular formula is C21H25FN6O. The molecule has 0 bridgehead atoms. The summed E-state index contributed by atoms with van der Waals surface area (Å²) in [6.45, 7) is 6.78. The maximum Gasteiger partial charge on any atom is 0.188 e. The van der Waals surface area contributed by atoms with Crippen molar-refractivity contribution in [2.24, 2.45) is 5.92 Å². The van der Waals surface area contributed by atoms with Crippen LogP contribution < -0.4 is 4.90 Å². The summed E-state index contributed by atoms with van der Waals surface area (Å²) in [5.41, 5.74) is 1.03. The summed E-state index contributed by atoms with van der Waals surface area (Å²) in [6, 6.07) is 10.5. The lowest BCUT2D eigenvalue weighted by Crippen LogP contribution is -2.44. The van der Waals surface area contributed by atoms with E-state index in [1.165, 1.54) is 12.5 Å². The molecular weight excluding hydrogens is 371 g/mol. The van der Waals surface area contributed by atoms with Crippen LogP contribution in [0.25, 0.3) is 17.0 Å². The van der Waals surface area contributed by atoms with Gasteiger partial charge in [0.05, 0.1) is 18.8 Å². The predicted molar refractivity (Wildman–Crippen MR) is 108 cm³/mol. The highest BCUT2D eigenvalue weighted by Gasteiger charge is 2.24. The van der Waals surface area contributed by atoms with Gasteiger partial charge in [-0.25, -0.2) is 4.39 Å². The summed E-state index contributed by atoms with van der Waals surface area (Å²) < 4.78 is 21.4. The zero-order valence-corrected chi connectivity index (χ0v) is 16.4. The molecule has 0 saturated carbocycles. The Labute approximate surface area is 169 Å². The molecule has 29 heavy (non-hydrogen) atoms. The number of benzene rings is 1. The average molecular weight is 396 g/mol. The fourth-order valence-electron chi connectivity index (χ4n) is 4.33. The lowest BCUT2D eigenvalue weighted by atomic mass is 9.97. The second kappa shape index (κ2) is 8.04. The van der Waals surface area contributed by atoms with E-state index in [9.17, 15) is 4.39 Å². The fourth-order valence-corrected chi connectivity index (χ4v) is 4.33. The van der Waals surface area contributed by atoms with Crippen LogP contribution in [-0.2, 0) is 4.74 Å². The van der Waals surface area contributed by atoms with E-state index >= 15 is 0 Å². The van der Waals surface area contributed by atoms with E-state index in [2.05, 4.69) is 20.0 Å². The molecule has 0 spiro atoms. The van der Waals surface area contributed by atoms with Gasteiger partial charge >= 0.3 is 0 Å². The van der Waals surface area contributed by atoms with Crippen molar-refractivity contribution >= 4 is 11.5 Å². The molecule has 0 radical (unpaired) electrons. The van der Waals surface area contributed by atoms with Gasteiger partial charge < -0.3 is 9.64 Å². The van der Waals surface area contributed by atoms with Crippen molar-refractivity contribution in [3.63, 3.8) is 0 Å². The van der Waals surface area contributed by atoms with Crippen LogP contribution in [0.1, 0.15) is 12.8 Å². The average Bonchev–Trinajstić information content (AvgIpc) is 3.18. The molecule has 1 aromatic carbocycles. The monoisotopic (exact) mass is 396 g/mol. The minimum Gasteiger partial charge on any atom is -0.379 e. The van der Waals surface area contributed by atoms with Crippen molar-refractivity contribution < 1.29 is 9.13 Å². The zero-order valence-electron chi connectivity index (χ0n) is 16.4. The predicted octanol–water partition coefficient (Wildman–Crippen LogP) is 2.48. The zero-order chi connectivity index (χ0) is 19.6. The highest BCUT2D eigenvalue weighted by molar-refractivity contribution is 5.60. The molecule has 2 aliphatic heterocycles. The Balaban J connectivity index is 1.38. The number of fused-ring (bicyclic) bond motifs is 1. The molecule has 5 rings (SSSR count). The van der Waals surface area contributed by atoms with Gasteiger partial charge in [0, 0.05) is 32.7 Å². The topological polar surface area (TPSA) is 58.8 Å². The number of nitrogens with zero attached hydrogens (tertiary/aromatic N) is 6. The highest BCUT2D eigenvalue weighted by atomic mass is 19.1. The first kappa shape index (κ1) is 18.4. The lowest BCUT2D eigenvalue weighted by molar-refractivity contribution is 0.0296. The summed E-state index contributed by atoms with van der Waals surface area (Å²) in [4.78, 5) is 4.84. The van der Waals surface area contributed by atoms with Gasteiger partial charge in [0.25, 0.3) is 0 Å². The van der Waals surface area contributed by atoms with Gasteiger partial charge in [0.2, 0.25) is 0 Å². The van der Waals surface area contributed by atoms with Gasteiger partial charge in [-0.05, 0) is 43.0 Å². The summed E-state index contributed by atoms with van der Waals surface area (Å²) in [6.07, 6.45) is 2.39. The van der Waals surface area contributed by atoms with Crippen LogP contribution in [0.2, 0.25) is 0 Å². The third kappa shape index (κ3) is 3.82. The van der Waals surface area contributed by atoms with E-state index < -0.39 is 0 Å². The van der Waals surface area contributed by atoms with Crippen LogP contribution in [-0.4, -0.2) is 70.6 Å². The smallest absolute Gasteiger partial charge is 0.188 e. The Morgan fingerprint density at radius 1 is 1.03 bits per heavy atom. The van der Waals surface area contributed by atoms with E-state index in [1.807, 2.05) is 12.1 Å². The molecule has 7 nitrogen and oxygen atoms in total. The van der Waals surface area contributed by atoms with E-state index in [-0.39, 0.29) is 5.82 Å². The number of morpholine rings is 1. The van der Waals surface area contributed by atoms with Crippen molar-refractivity contribution in [1.82, 2.24) is 24.7 Å². The number of aromatic nitrogens is 4. The number of anilines is 1. The Morgan fingerprint density at radius 3 is 2.76 bits per heavy atom. The maximum absolute atomic E-state index is 14.3. The Hall–Kier alpha value is -2.58. The van der Waals surface area contributed by atoms with E-state index in [0.717, 1.165) is 58.2 Å². The fraction of sp³-hybridized carbons (Fsp3) is 0.476. The molecule has 152 valence electrons. The first-order chi connectivity index (χ1) is 14.3. The molecule has 8 heteroatoms. The molecule has 1 unspecified atom stereocenters. The van der Waals surface area contributed by atoms with Crippen molar-refractivity contribution in [2.45, 2.75) is 12.8 Å². The van der Waals surface area contributed by atoms with Gasteiger partial charge in [0.1, 0.15) is 11.6 Å². The van der Waals surface area contributed by atoms with Gasteiger partial charge in [-0.3, -0.25) is 4.90 Å². The second-order valence-electron chi connectivity index (χ2n) is 7.83. The summed E-state index contributed by atoms with van der Waals surface area (Å²) in [7, 11) is 0. The number of rotatable bonds is 4. The van der Waals surface area contributed by atoms with Crippen LogP contribution in [0.3, 0.4) is 0 Å². The standard InChI is InChI=1S/C21H25FN6O/c22-18-6-2-1-5-17(18)21-24-23-19-7-8-20(25-28(19)21)27-9-3-4-16(15-27)14-26-10-12-29-13-11-26/h1-2,5-8,16H,3-4,9-15H2. The first-order valence-electron chi connectivity index (χ1n) is 10.3. The Morgan fingerprint density at radius 2 is 1.90 bits per heavy atom. The van der Waals surface area contributed by atoms with Crippen molar-refractivity contribution in [1.29, 1.82) is 0 Å². The molecule has 0 amide bonds. The molecule has 2 fully saturated rings. The quantitative estimate of drug-likeness (QED) is 0.675. The van der Waals surface area contributed by atoms with Crippen LogP contribution in [0.4, 0.5) is 10.2 Å². The number of hydrogen-bond acceptors (Lipinski definition) is 6. The third-order valence-electron chi connectivity index (χ3n) is 5.83. The van der Waals surface area contributed by atoms with Crippen molar-refractivity contribution in [3.8, 4) is 11.4 Å². The van der Waals surface area contributed by atoms with Crippen molar-refractivity contribution in [3.05, 3.63) is 42.2 Å². The number of ether oxygens (including phenoxy) is 1. The van der Waals surface area contributed by atoms with Gasteiger partial charge in [-0.15, -0.1) is 15.3 Å². The molecule has 2 aromatic heterocycles. The number of piperidine rings is 1. The summed E-state index contributed by atoms with van der Waals surface area (Å²) >= 11 is 0. The van der Waals surface area contributed by atoms with E-state index in [1.54, 1.807) is 22.7 Å². The largest absolute Gasteiger partial charge is 0.379 e. The van der Waals surface area contributed by atoms with Crippen LogP contribution in [0.15, 0.2) is 36.4 Å². The molecule has 2 saturated heterocycles. The minimum absolute atomic E-state index is 0.322. The number of hydrogen-bond donors (Lipinski definition) is 0. The van der Waals surface area contributed by atoms with Crippen LogP contribution in [0, 0.1) is 11.7 Å².